The number of rotatable bonds is 6. The first-order chi connectivity index (χ1) is 14.1. The van der Waals surface area contributed by atoms with Crippen LogP contribution in [-0.2, 0) is 11.2 Å². The molecule has 1 saturated heterocycles. The molecule has 3 aromatic rings. The Kier molecular flexibility index (Phi) is 6.13. The first-order valence-corrected chi connectivity index (χ1v) is 10.6. The summed E-state index contributed by atoms with van der Waals surface area (Å²) in [6.45, 7) is 3.84. The van der Waals surface area contributed by atoms with Crippen LogP contribution in [0.2, 0.25) is 5.02 Å². The van der Waals surface area contributed by atoms with Crippen LogP contribution >= 0.6 is 22.9 Å². The number of thiazole rings is 1. The number of H-pyrrole nitrogens is 1. The third kappa shape index (κ3) is 4.60. The highest BCUT2D eigenvalue weighted by Crippen LogP contribution is 2.25. The van der Waals surface area contributed by atoms with Crippen molar-refractivity contribution in [3.8, 4) is 5.75 Å². The Hall–Kier alpha value is -2.42. The number of nitrogens with zero attached hydrogens (tertiary/aromatic N) is 3. The second-order valence-corrected chi connectivity index (χ2v) is 7.99. The zero-order valence-corrected chi connectivity index (χ0v) is 17.5. The molecule has 9 heteroatoms. The number of halogens is 1. The SMILES string of the molecule is Cc1ncsc1C(=O)N1CCO[C@H](c2cc(CCOc3ccccc3Cl)[nH]n2)C1. The first-order valence-electron chi connectivity index (χ1n) is 9.34. The van der Waals surface area contributed by atoms with Crippen molar-refractivity contribution in [2.24, 2.45) is 0 Å². The van der Waals surface area contributed by atoms with Gasteiger partial charge < -0.3 is 14.4 Å². The quantitative estimate of drug-likeness (QED) is 0.642. The van der Waals surface area contributed by atoms with Crippen LogP contribution in [0.4, 0.5) is 0 Å². The van der Waals surface area contributed by atoms with Crippen molar-refractivity contribution in [1.82, 2.24) is 20.1 Å². The van der Waals surface area contributed by atoms with E-state index in [0.717, 1.165) is 17.1 Å². The highest BCUT2D eigenvalue weighted by atomic mass is 35.5. The van der Waals surface area contributed by atoms with E-state index in [1.54, 1.807) is 11.6 Å². The molecule has 0 radical (unpaired) electrons. The van der Waals surface area contributed by atoms with Gasteiger partial charge in [0.15, 0.2) is 0 Å². The summed E-state index contributed by atoms with van der Waals surface area (Å²) in [6.07, 6.45) is 0.406. The molecule has 0 saturated carbocycles. The Balaban J connectivity index is 1.34. The number of carbonyl (C=O) groups excluding carboxylic acids is 1. The number of morpholine rings is 1. The number of aryl methyl sites for hydroxylation is 1. The van der Waals surface area contributed by atoms with Crippen LogP contribution in [0.15, 0.2) is 35.8 Å². The average molecular weight is 433 g/mol. The summed E-state index contributed by atoms with van der Waals surface area (Å²) in [5.41, 5.74) is 4.20. The van der Waals surface area contributed by atoms with Gasteiger partial charge in [0.05, 0.1) is 41.7 Å². The molecule has 1 atom stereocenters. The van der Waals surface area contributed by atoms with Crippen molar-refractivity contribution in [1.29, 1.82) is 0 Å². The third-order valence-corrected chi connectivity index (χ3v) is 5.97. The lowest BCUT2D eigenvalue weighted by atomic mass is 10.1. The molecule has 4 rings (SSSR count). The Morgan fingerprint density at radius 1 is 1.45 bits per heavy atom. The summed E-state index contributed by atoms with van der Waals surface area (Å²) in [7, 11) is 0. The van der Waals surface area contributed by atoms with Crippen LogP contribution in [0, 0.1) is 6.92 Å². The number of para-hydroxylation sites is 1. The summed E-state index contributed by atoms with van der Waals surface area (Å²) in [5.74, 6) is 0.666. The number of aromatic nitrogens is 3. The minimum Gasteiger partial charge on any atom is -0.492 e. The second kappa shape index (κ2) is 8.94. The molecule has 29 heavy (non-hydrogen) atoms. The van der Waals surface area contributed by atoms with E-state index >= 15 is 0 Å². The Morgan fingerprint density at radius 3 is 3.10 bits per heavy atom. The van der Waals surface area contributed by atoms with Gasteiger partial charge >= 0.3 is 0 Å². The number of hydrogen-bond donors (Lipinski definition) is 1. The minimum atomic E-state index is -0.254. The van der Waals surface area contributed by atoms with Crippen molar-refractivity contribution >= 4 is 28.8 Å². The van der Waals surface area contributed by atoms with Crippen molar-refractivity contribution in [3.05, 3.63) is 62.8 Å². The topological polar surface area (TPSA) is 80.3 Å². The zero-order chi connectivity index (χ0) is 20.2. The summed E-state index contributed by atoms with van der Waals surface area (Å²) in [4.78, 5) is 19.4. The van der Waals surface area contributed by atoms with E-state index in [-0.39, 0.29) is 12.0 Å². The lowest BCUT2D eigenvalue weighted by molar-refractivity contribution is -0.0246. The summed E-state index contributed by atoms with van der Waals surface area (Å²) in [6, 6.07) is 9.35. The maximum Gasteiger partial charge on any atom is 0.266 e. The molecule has 7 nitrogen and oxygen atoms in total. The van der Waals surface area contributed by atoms with Gasteiger partial charge in [-0.3, -0.25) is 9.89 Å². The first kappa shape index (κ1) is 19.9. The van der Waals surface area contributed by atoms with Crippen LogP contribution in [0.3, 0.4) is 0 Å². The van der Waals surface area contributed by atoms with Crippen LogP contribution in [0.25, 0.3) is 0 Å². The van der Waals surface area contributed by atoms with E-state index in [9.17, 15) is 4.79 Å². The Morgan fingerprint density at radius 2 is 2.31 bits per heavy atom. The lowest BCUT2D eigenvalue weighted by Crippen LogP contribution is -2.42. The summed E-state index contributed by atoms with van der Waals surface area (Å²) in [5, 5.41) is 8.00. The fourth-order valence-corrected chi connectivity index (χ4v) is 4.13. The van der Waals surface area contributed by atoms with Crippen molar-refractivity contribution in [2.75, 3.05) is 26.3 Å². The molecule has 1 aliphatic rings. The largest absolute Gasteiger partial charge is 0.492 e. The van der Waals surface area contributed by atoms with Crippen molar-refractivity contribution < 1.29 is 14.3 Å². The van der Waals surface area contributed by atoms with Crippen molar-refractivity contribution in [2.45, 2.75) is 19.4 Å². The van der Waals surface area contributed by atoms with Gasteiger partial charge in [-0.1, -0.05) is 23.7 Å². The Bertz CT molecular complexity index is 990. The van der Waals surface area contributed by atoms with Gasteiger partial charge in [0.1, 0.15) is 16.7 Å². The fraction of sp³-hybridized carbons (Fsp3) is 0.350. The molecule has 152 valence electrons. The van der Waals surface area contributed by atoms with E-state index in [4.69, 9.17) is 21.1 Å². The minimum absolute atomic E-state index is 0.00204. The molecule has 1 aliphatic heterocycles. The predicted octanol–water partition coefficient (Wildman–Crippen LogP) is 3.66. The number of nitrogens with one attached hydrogen (secondary N) is 1. The van der Waals surface area contributed by atoms with Gasteiger partial charge in [0.25, 0.3) is 5.91 Å². The van der Waals surface area contributed by atoms with E-state index in [2.05, 4.69) is 15.2 Å². The number of carbonyl (C=O) groups is 1. The van der Waals surface area contributed by atoms with Gasteiger partial charge in [-0.15, -0.1) is 11.3 Å². The molecule has 2 aromatic heterocycles. The Labute approximate surface area is 177 Å². The van der Waals surface area contributed by atoms with Crippen LogP contribution in [0.5, 0.6) is 5.75 Å². The zero-order valence-electron chi connectivity index (χ0n) is 15.9. The van der Waals surface area contributed by atoms with Crippen LogP contribution in [0.1, 0.15) is 32.9 Å². The van der Waals surface area contributed by atoms with Gasteiger partial charge in [-0.2, -0.15) is 5.10 Å². The molecule has 0 bridgehead atoms. The molecule has 1 aromatic carbocycles. The van der Waals surface area contributed by atoms with Gasteiger partial charge in [0, 0.05) is 18.7 Å². The molecular weight excluding hydrogens is 412 g/mol. The molecule has 0 spiro atoms. The van der Waals surface area contributed by atoms with Crippen molar-refractivity contribution in [3.63, 3.8) is 0 Å². The molecule has 0 unspecified atom stereocenters. The van der Waals surface area contributed by atoms with E-state index in [1.807, 2.05) is 36.1 Å². The molecular formula is C20H21ClN4O3S. The number of benzene rings is 1. The molecule has 1 fully saturated rings. The predicted molar refractivity (Wildman–Crippen MR) is 111 cm³/mol. The maximum absolute atomic E-state index is 12.8. The summed E-state index contributed by atoms with van der Waals surface area (Å²) >= 11 is 7.47. The van der Waals surface area contributed by atoms with E-state index in [0.29, 0.717) is 48.4 Å². The molecule has 1 N–H and O–H groups in total. The smallest absolute Gasteiger partial charge is 0.266 e. The fourth-order valence-electron chi connectivity index (χ4n) is 3.17. The molecule has 1 amide bonds. The van der Waals surface area contributed by atoms with Gasteiger partial charge in [-0.25, -0.2) is 4.98 Å². The van der Waals surface area contributed by atoms with Gasteiger partial charge in [-0.05, 0) is 25.1 Å². The third-order valence-electron chi connectivity index (χ3n) is 4.74. The molecule has 0 aliphatic carbocycles. The standard InChI is InChI=1S/C20H21ClN4O3S/c1-13-19(29-12-22-13)20(26)25-7-9-28-18(11-25)16-10-14(23-24-16)6-8-27-17-5-3-2-4-15(17)21/h2-5,10,12,18H,6-9,11H2,1H3,(H,23,24)/t18-/m0/s1. The normalized spacial score (nSPS) is 16.8. The molecule has 3 heterocycles. The monoisotopic (exact) mass is 432 g/mol. The van der Waals surface area contributed by atoms with E-state index < -0.39 is 0 Å². The number of aromatic amines is 1. The lowest BCUT2D eigenvalue weighted by Gasteiger charge is -2.31. The number of amides is 1. The van der Waals surface area contributed by atoms with Gasteiger partial charge in [0.2, 0.25) is 0 Å². The maximum atomic E-state index is 12.8. The van der Waals surface area contributed by atoms with Crippen LogP contribution < -0.4 is 4.74 Å². The second-order valence-electron chi connectivity index (χ2n) is 6.72. The van der Waals surface area contributed by atoms with Crippen LogP contribution in [-0.4, -0.2) is 52.3 Å². The highest BCUT2D eigenvalue weighted by molar-refractivity contribution is 7.11. The summed E-state index contributed by atoms with van der Waals surface area (Å²) < 4.78 is 11.6. The average Bonchev–Trinajstić information content (AvgIpc) is 3.38. The van der Waals surface area contributed by atoms with E-state index in [1.165, 1.54) is 11.3 Å². The highest BCUT2D eigenvalue weighted by Gasteiger charge is 2.29. The number of hydrogen-bond acceptors (Lipinski definition) is 6. The number of ether oxygens (including phenoxy) is 2.